The number of hydrogen-bond acceptors (Lipinski definition) is 5. The lowest BCUT2D eigenvalue weighted by molar-refractivity contribution is -0.386. The molecule has 84 valence electrons. The summed E-state index contributed by atoms with van der Waals surface area (Å²) in [6.45, 7) is 0. The maximum atomic E-state index is 10.8. The summed E-state index contributed by atoms with van der Waals surface area (Å²) in [7, 11) is 0. The Morgan fingerprint density at radius 2 is 2.19 bits per heavy atom. The fourth-order valence-corrected chi connectivity index (χ4v) is 1.70. The summed E-state index contributed by atoms with van der Waals surface area (Å²) >= 11 is 1.39. The number of benzene rings is 1. The Kier molecular flexibility index (Phi) is 3.00. The van der Waals surface area contributed by atoms with Crippen LogP contribution >= 0.6 is 11.8 Å². The SMILES string of the molecule is CSC1=COC(c2ccccc2[N+](=O)[O-])O1. The number of ether oxygens (including phenoxy) is 2. The van der Waals surface area contributed by atoms with Gasteiger partial charge in [-0.2, -0.15) is 0 Å². The van der Waals surface area contributed by atoms with E-state index in [1.165, 1.54) is 24.1 Å². The predicted molar refractivity (Wildman–Crippen MR) is 59.6 cm³/mol. The second kappa shape index (κ2) is 4.44. The third kappa shape index (κ3) is 1.96. The van der Waals surface area contributed by atoms with Crippen molar-refractivity contribution in [2.75, 3.05) is 6.26 Å². The van der Waals surface area contributed by atoms with Crippen molar-refractivity contribution < 1.29 is 14.4 Å². The van der Waals surface area contributed by atoms with Gasteiger partial charge in [0, 0.05) is 6.07 Å². The second-order valence-corrected chi connectivity index (χ2v) is 3.85. The van der Waals surface area contributed by atoms with Crippen LogP contribution in [0, 0.1) is 10.1 Å². The Morgan fingerprint density at radius 3 is 2.81 bits per heavy atom. The molecular weight excluding hydrogens is 230 g/mol. The number of thioether (sulfide) groups is 1. The van der Waals surface area contributed by atoms with Crippen molar-refractivity contribution in [1.29, 1.82) is 0 Å². The van der Waals surface area contributed by atoms with Crippen LogP contribution in [0.3, 0.4) is 0 Å². The summed E-state index contributed by atoms with van der Waals surface area (Å²) in [6, 6.07) is 6.38. The van der Waals surface area contributed by atoms with Gasteiger partial charge in [-0.25, -0.2) is 0 Å². The molecule has 0 radical (unpaired) electrons. The summed E-state index contributed by atoms with van der Waals surface area (Å²) in [5.74, 6) is 0. The van der Waals surface area contributed by atoms with Crippen LogP contribution in [0.5, 0.6) is 0 Å². The molecule has 0 bridgehead atoms. The van der Waals surface area contributed by atoms with E-state index in [0.29, 0.717) is 10.7 Å². The van der Waals surface area contributed by atoms with Gasteiger partial charge in [-0.3, -0.25) is 10.1 Å². The highest BCUT2D eigenvalue weighted by molar-refractivity contribution is 8.02. The van der Waals surface area contributed by atoms with Gasteiger partial charge in [0.05, 0.1) is 4.92 Å². The van der Waals surface area contributed by atoms with Crippen LogP contribution in [0.1, 0.15) is 11.9 Å². The Hall–Kier alpha value is -1.69. The molecule has 0 spiro atoms. The van der Waals surface area contributed by atoms with E-state index in [1.54, 1.807) is 18.2 Å². The van der Waals surface area contributed by atoms with Crippen molar-refractivity contribution in [3.05, 3.63) is 51.3 Å². The van der Waals surface area contributed by atoms with Crippen molar-refractivity contribution >= 4 is 17.4 Å². The quantitative estimate of drug-likeness (QED) is 0.599. The van der Waals surface area contributed by atoms with E-state index < -0.39 is 11.2 Å². The first kappa shape index (κ1) is 10.8. The zero-order valence-corrected chi connectivity index (χ0v) is 9.27. The molecule has 16 heavy (non-hydrogen) atoms. The molecular formula is C10H9NO4S. The normalized spacial score (nSPS) is 18.6. The Balaban J connectivity index is 2.26. The number of nitro groups is 1. The number of para-hydroxylation sites is 1. The molecule has 1 aromatic carbocycles. The Morgan fingerprint density at radius 1 is 1.44 bits per heavy atom. The average molecular weight is 239 g/mol. The van der Waals surface area contributed by atoms with Crippen LogP contribution in [0.15, 0.2) is 35.6 Å². The van der Waals surface area contributed by atoms with Crippen molar-refractivity contribution in [3.8, 4) is 0 Å². The molecule has 1 heterocycles. The molecule has 0 aliphatic carbocycles. The maximum absolute atomic E-state index is 10.8. The predicted octanol–water partition coefficient (Wildman–Crippen LogP) is 2.80. The minimum atomic E-state index is -0.718. The van der Waals surface area contributed by atoms with Crippen LogP contribution in [0.4, 0.5) is 5.69 Å². The highest BCUT2D eigenvalue weighted by Crippen LogP contribution is 2.36. The third-order valence-electron chi connectivity index (χ3n) is 2.10. The van der Waals surface area contributed by atoms with Gasteiger partial charge in [0.25, 0.3) is 12.0 Å². The number of nitro benzene ring substituents is 1. The molecule has 2 rings (SSSR count). The zero-order chi connectivity index (χ0) is 11.5. The van der Waals surface area contributed by atoms with Gasteiger partial charge in [0.15, 0.2) is 5.09 Å². The van der Waals surface area contributed by atoms with Crippen LogP contribution in [-0.2, 0) is 9.47 Å². The number of rotatable bonds is 3. The Labute approximate surface area is 96.2 Å². The minimum Gasteiger partial charge on any atom is -0.454 e. The van der Waals surface area contributed by atoms with Gasteiger partial charge in [0.1, 0.15) is 11.8 Å². The van der Waals surface area contributed by atoms with Gasteiger partial charge in [-0.1, -0.05) is 23.9 Å². The smallest absolute Gasteiger partial charge is 0.280 e. The fraction of sp³-hybridized carbons (Fsp3) is 0.200. The minimum absolute atomic E-state index is 0.00301. The first-order chi connectivity index (χ1) is 7.72. The molecule has 0 N–H and O–H groups in total. The van der Waals surface area contributed by atoms with Gasteiger partial charge < -0.3 is 9.47 Å². The van der Waals surface area contributed by atoms with Gasteiger partial charge >= 0.3 is 0 Å². The summed E-state index contributed by atoms with van der Waals surface area (Å²) in [4.78, 5) is 10.4. The van der Waals surface area contributed by atoms with Gasteiger partial charge in [-0.15, -0.1) is 0 Å². The first-order valence-electron chi connectivity index (χ1n) is 4.52. The standard InChI is InChI=1S/C10H9NO4S/c1-16-9-6-14-10(15-9)7-4-2-3-5-8(7)11(12)13/h2-6,10H,1H3. The molecule has 1 aromatic rings. The van der Waals surface area contributed by atoms with E-state index >= 15 is 0 Å². The third-order valence-corrected chi connectivity index (χ3v) is 2.69. The molecule has 5 nitrogen and oxygen atoms in total. The lowest BCUT2D eigenvalue weighted by atomic mass is 10.2. The van der Waals surface area contributed by atoms with E-state index in [0.717, 1.165) is 0 Å². The van der Waals surface area contributed by atoms with Gasteiger partial charge in [0.2, 0.25) is 0 Å². The van der Waals surface area contributed by atoms with E-state index in [1.807, 2.05) is 6.26 Å². The fourth-order valence-electron chi connectivity index (χ4n) is 1.36. The van der Waals surface area contributed by atoms with E-state index in [4.69, 9.17) is 9.47 Å². The zero-order valence-electron chi connectivity index (χ0n) is 8.45. The highest BCUT2D eigenvalue weighted by Gasteiger charge is 2.28. The summed E-state index contributed by atoms with van der Waals surface area (Å²) in [5, 5.41) is 11.4. The number of nitrogens with zero attached hydrogens (tertiary/aromatic N) is 1. The Bertz CT molecular complexity index is 446. The first-order valence-corrected chi connectivity index (χ1v) is 5.74. The van der Waals surface area contributed by atoms with Crippen LogP contribution in [-0.4, -0.2) is 11.2 Å². The van der Waals surface area contributed by atoms with Crippen molar-refractivity contribution in [2.45, 2.75) is 6.29 Å². The largest absolute Gasteiger partial charge is 0.454 e. The molecule has 1 aliphatic heterocycles. The summed E-state index contributed by atoms with van der Waals surface area (Å²) in [5.41, 5.74) is 0.427. The van der Waals surface area contributed by atoms with Crippen LogP contribution < -0.4 is 0 Å². The lowest BCUT2D eigenvalue weighted by Gasteiger charge is -2.11. The molecule has 0 aromatic heterocycles. The van der Waals surface area contributed by atoms with Crippen molar-refractivity contribution in [1.82, 2.24) is 0 Å². The monoisotopic (exact) mass is 239 g/mol. The summed E-state index contributed by atoms with van der Waals surface area (Å²) in [6.07, 6.45) is 2.59. The van der Waals surface area contributed by atoms with E-state index in [-0.39, 0.29) is 5.69 Å². The molecule has 1 unspecified atom stereocenters. The van der Waals surface area contributed by atoms with Crippen LogP contribution in [0.2, 0.25) is 0 Å². The molecule has 0 fully saturated rings. The molecule has 0 amide bonds. The average Bonchev–Trinajstić information content (AvgIpc) is 2.77. The lowest BCUT2D eigenvalue weighted by Crippen LogP contribution is -2.03. The molecule has 0 saturated carbocycles. The second-order valence-electron chi connectivity index (χ2n) is 3.04. The van der Waals surface area contributed by atoms with Crippen molar-refractivity contribution in [3.63, 3.8) is 0 Å². The molecule has 1 aliphatic rings. The maximum Gasteiger partial charge on any atom is 0.280 e. The summed E-state index contributed by atoms with van der Waals surface area (Å²) < 4.78 is 10.6. The highest BCUT2D eigenvalue weighted by atomic mass is 32.2. The topological polar surface area (TPSA) is 61.6 Å². The molecule has 1 atom stereocenters. The number of hydrogen-bond donors (Lipinski definition) is 0. The van der Waals surface area contributed by atoms with E-state index in [9.17, 15) is 10.1 Å². The molecule has 0 saturated heterocycles. The van der Waals surface area contributed by atoms with Crippen LogP contribution in [0.25, 0.3) is 0 Å². The van der Waals surface area contributed by atoms with Gasteiger partial charge in [-0.05, 0) is 12.3 Å². The molecule has 6 heteroatoms. The van der Waals surface area contributed by atoms with E-state index in [2.05, 4.69) is 0 Å². The van der Waals surface area contributed by atoms with Crippen molar-refractivity contribution in [2.24, 2.45) is 0 Å².